The van der Waals surface area contributed by atoms with Gasteiger partial charge in [0, 0.05) is 17.2 Å². The number of para-hydroxylation sites is 1. The van der Waals surface area contributed by atoms with Crippen molar-refractivity contribution in [3.8, 4) is 11.3 Å². The van der Waals surface area contributed by atoms with E-state index in [9.17, 15) is 14.4 Å². The van der Waals surface area contributed by atoms with Crippen molar-refractivity contribution in [2.75, 3.05) is 10.6 Å². The lowest BCUT2D eigenvalue weighted by molar-refractivity contribution is -0.120. The van der Waals surface area contributed by atoms with Gasteiger partial charge in [0.1, 0.15) is 11.7 Å². The van der Waals surface area contributed by atoms with Gasteiger partial charge in [0.15, 0.2) is 0 Å². The van der Waals surface area contributed by atoms with Crippen molar-refractivity contribution in [2.24, 2.45) is 5.92 Å². The average molecular weight is 433 g/mol. The van der Waals surface area contributed by atoms with Crippen LogP contribution in [0.3, 0.4) is 0 Å². The number of hydrogen-bond acceptors (Lipinski definition) is 4. The summed E-state index contributed by atoms with van der Waals surface area (Å²) in [5.74, 6) is -0.936. The molecule has 0 aliphatic rings. The Labute approximate surface area is 187 Å². The monoisotopic (exact) mass is 432 g/mol. The zero-order chi connectivity index (χ0) is 23.3. The molecule has 0 fully saturated rings. The van der Waals surface area contributed by atoms with E-state index in [1.807, 2.05) is 56.3 Å². The molecule has 3 rings (SSSR count). The lowest BCUT2D eigenvalue weighted by atomic mass is 10.1. The van der Waals surface area contributed by atoms with Crippen molar-refractivity contribution in [3.05, 3.63) is 76.6 Å². The van der Waals surface area contributed by atoms with Gasteiger partial charge in [-0.3, -0.25) is 14.4 Å². The molecule has 0 radical (unpaired) electrons. The fourth-order valence-electron chi connectivity index (χ4n) is 3.17. The van der Waals surface area contributed by atoms with Gasteiger partial charge in [0.2, 0.25) is 11.8 Å². The first-order valence-electron chi connectivity index (χ1n) is 10.7. The lowest BCUT2D eigenvalue weighted by Crippen LogP contribution is -2.37. The minimum absolute atomic E-state index is 0.0974. The first-order chi connectivity index (χ1) is 15.3. The molecule has 1 aromatic heterocycles. The Balaban J connectivity index is 2.08. The fraction of sp³-hybridized carbons (Fsp3) is 0.280. The topological polar surface area (TPSA) is 93.1 Å². The molecular weight excluding hydrogens is 404 g/mol. The van der Waals surface area contributed by atoms with E-state index in [4.69, 9.17) is 0 Å². The zero-order valence-electron chi connectivity index (χ0n) is 18.8. The van der Waals surface area contributed by atoms with Crippen LogP contribution in [0.1, 0.15) is 38.8 Å². The molecule has 7 heteroatoms. The molecule has 3 aromatic rings. The number of carbonyl (C=O) groups excluding carboxylic acids is 2. The minimum atomic E-state index is -0.845. The SMILES string of the molecule is CC[C@H](C(=O)Nc1ccccc1)n1nc(-c2ccc(C)cc2)cc(NC(=O)C(C)C)c1=O. The number of hydrogen-bond donors (Lipinski definition) is 2. The van der Waals surface area contributed by atoms with E-state index in [1.54, 1.807) is 32.0 Å². The fourth-order valence-corrected chi connectivity index (χ4v) is 3.17. The molecule has 166 valence electrons. The molecule has 0 saturated heterocycles. The van der Waals surface area contributed by atoms with Crippen LogP contribution < -0.4 is 16.2 Å². The van der Waals surface area contributed by atoms with Crippen LogP contribution in [0.5, 0.6) is 0 Å². The highest BCUT2D eigenvalue weighted by Crippen LogP contribution is 2.22. The van der Waals surface area contributed by atoms with Crippen LogP contribution in [0.2, 0.25) is 0 Å². The van der Waals surface area contributed by atoms with Crippen molar-refractivity contribution >= 4 is 23.2 Å². The summed E-state index contributed by atoms with van der Waals surface area (Å²) >= 11 is 0. The van der Waals surface area contributed by atoms with Gasteiger partial charge in [-0.15, -0.1) is 0 Å². The van der Waals surface area contributed by atoms with Gasteiger partial charge in [-0.1, -0.05) is 68.8 Å². The van der Waals surface area contributed by atoms with Crippen LogP contribution in [0.25, 0.3) is 11.3 Å². The molecular formula is C25H28N4O3. The van der Waals surface area contributed by atoms with E-state index in [1.165, 1.54) is 4.68 Å². The summed E-state index contributed by atoms with van der Waals surface area (Å²) in [6, 6.07) is 17.4. The van der Waals surface area contributed by atoms with Crippen molar-refractivity contribution in [2.45, 2.75) is 40.2 Å². The number of aromatic nitrogens is 2. The van der Waals surface area contributed by atoms with E-state index in [0.717, 1.165) is 11.1 Å². The van der Waals surface area contributed by atoms with E-state index < -0.39 is 11.6 Å². The van der Waals surface area contributed by atoms with Gasteiger partial charge in [-0.2, -0.15) is 5.10 Å². The Morgan fingerprint density at radius 3 is 2.22 bits per heavy atom. The third-order valence-electron chi connectivity index (χ3n) is 5.09. The average Bonchev–Trinajstić information content (AvgIpc) is 2.77. The number of nitrogens with zero attached hydrogens (tertiary/aromatic N) is 2. The van der Waals surface area contributed by atoms with Crippen LogP contribution >= 0.6 is 0 Å². The molecule has 1 atom stereocenters. The van der Waals surface area contributed by atoms with E-state index >= 15 is 0 Å². The Morgan fingerprint density at radius 2 is 1.62 bits per heavy atom. The number of carbonyl (C=O) groups is 2. The molecule has 7 nitrogen and oxygen atoms in total. The second-order valence-electron chi connectivity index (χ2n) is 7.98. The quantitative estimate of drug-likeness (QED) is 0.579. The van der Waals surface area contributed by atoms with Crippen molar-refractivity contribution in [1.29, 1.82) is 0 Å². The highest BCUT2D eigenvalue weighted by Gasteiger charge is 2.24. The number of rotatable bonds is 7. The summed E-state index contributed by atoms with van der Waals surface area (Å²) in [6.45, 7) is 7.29. The zero-order valence-corrected chi connectivity index (χ0v) is 18.8. The van der Waals surface area contributed by atoms with Gasteiger partial charge in [-0.25, -0.2) is 4.68 Å². The normalized spacial score (nSPS) is 11.8. The minimum Gasteiger partial charge on any atom is -0.324 e. The smallest absolute Gasteiger partial charge is 0.291 e. The van der Waals surface area contributed by atoms with Crippen molar-refractivity contribution in [3.63, 3.8) is 0 Å². The summed E-state index contributed by atoms with van der Waals surface area (Å²) < 4.78 is 1.17. The summed E-state index contributed by atoms with van der Waals surface area (Å²) in [5.41, 5.74) is 2.57. The molecule has 0 unspecified atom stereocenters. The second kappa shape index (κ2) is 10.0. The van der Waals surface area contributed by atoms with E-state index in [0.29, 0.717) is 17.8 Å². The first-order valence-corrected chi connectivity index (χ1v) is 10.7. The van der Waals surface area contributed by atoms with Crippen LogP contribution in [0.4, 0.5) is 11.4 Å². The van der Waals surface area contributed by atoms with Gasteiger partial charge in [0.25, 0.3) is 5.56 Å². The summed E-state index contributed by atoms with van der Waals surface area (Å²) in [7, 11) is 0. The molecule has 0 aliphatic carbocycles. The molecule has 2 aromatic carbocycles. The van der Waals surface area contributed by atoms with Crippen LogP contribution in [0.15, 0.2) is 65.5 Å². The Bertz CT molecular complexity index is 1150. The number of benzene rings is 2. The second-order valence-corrected chi connectivity index (χ2v) is 7.98. The maximum Gasteiger partial charge on any atom is 0.291 e. The molecule has 0 saturated carbocycles. The predicted molar refractivity (Wildman–Crippen MR) is 127 cm³/mol. The van der Waals surface area contributed by atoms with Gasteiger partial charge < -0.3 is 10.6 Å². The standard InChI is InChI=1S/C25H28N4O3/c1-5-22(24(31)26-19-9-7-6-8-10-19)29-25(32)21(27-23(30)16(2)3)15-20(28-29)18-13-11-17(4)12-14-18/h6-16,22H,5H2,1-4H3,(H,26,31)(H,27,30)/t22-/m1/s1. The summed E-state index contributed by atoms with van der Waals surface area (Å²) in [4.78, 5) is 38.6. The number of amides is 2. The maximum atomic E-state index is 13.2. The highest BCUT2D eigenvalue weighted by molar-refractivity contribution is 5.94. The molecule has 32 heavy (non-hydrogen) atoms. The van der Waals surface area contributed by atoms with Gasteiger partial charge >= 0.3 is 0 Å². The van der Waals surface area contributed by atoms with Crippen LogP contribution in [0, 0.1) is 12.8 Å². The third-order valence-corrected chi connectivity index (χ3v) is 5.09. The Hall–Kier alpha value is -3.74. The Morgan fingerprint density at radius 1 is 0.969 bits per heavy atom. The molecule has 2 amide bonds. The highest BCUT2D eigenvalue weighted by atomic mass is 16.2. The van der Waals surface area contributed by atoms with E-state index in [-0.39, 0.29) is 23.4 Å². The molecule has 2 N–H and O–H groups in total. The summed E-state index contributed by atoms with van der Waals surface area (Å²) in [6.07, 6.45) is 0.348. The third kappa shape index (κ3) is 5.29. The van der Waals surface area contributed by atoms with E-state index in [2.05, 4.69) is 15.7 Å². The Kier molecular flexibility index (Phi) is 7.20. The number of nitrogens with one attached hydrogen (secondary N) is 2. The van der Waals surface area contributed by atoms with Gasteiger partial charge in [0.05, 0.1) is 5.69 Å². The lowest BCUT2D eigenvalue weighted by Gasteiger charge is -2.19. The summed E-state index contributed by atoms with van der Waals surface area (Å²) in [5, 5.41) is 10.0. The molecule has 0 spiro atoms. The van der Waals surface area contributed by atoms with Crippen molar-refractivity contribution < 1.29 is 9.59 Å². The van der Waals surface area contributed by atoms with Gasteiger partial charge in [-0.05, 0) is 31.5 Å². The van der Waals surface area contributed by atoms with Crippen molar-refractivity contribution in [1.82, 2.24) is 9.78 Å². The molecule has 1 heterocycles. The maximum absolute atomic E-state index is 13.2. The van der Waals surface area contributed by atoms with Crippen LogP contribution in [-0.4, -0.2) is 21.6 Å². The first kappa shape index (κ1) is 22.9. The molecule has 0 bridgehead atoms. The predicted octanol–water partition coefficient (Wildman–Crippen LogP) is 4.40. The van der Waals surface area contributed by atoms with Crippen LogP contribution in [-0.2, 0) is 9.59 Å². The number of anilines is 2. The number of aryl methyl sites for hydroxylation is 1. The largest absolute Gasteiger partial charge is 0.324 e. The molecule has 0 aliphatic heterocycles.